The summed E-state index contributed by atoms with van der Waals surface area (Å²) in [7, 11) is 0. The summed E-state index contributed by atoms with van der Waals surface area (Å²) in [5, 5.41) is 0.744. The van der Waals surface area contributed by atoms with Crippen molar-refractivity contribution in [3.8, 4) is 0 Å². The minimum Gasteiger partial charge on any atom is -0.271 e. The number of aryl methyl sites for hydroxylation is 1. The Kier molecular flexibility index (Phi) is 4.37. The molecule has 2 nitrogen and oxygen atoms in total. The van der Waals surface area contributed by atoms with Gasteiger partial charge in [0.1, 0.15) is 0 Å². The molecule has 2 aromatic rings. The lowest BCUT2D eigenvalue weighted by atomic mass is 9.98. The monoisotopic (exact) mass is 260 g/mol. The number of rotatable bonds is 4. The van der Waals surface area contributed by atoms with Gasteiger partial charge in [-0.2, -0.15) is 0 Å². The van der Waals surface area contributed by atoms with E-state index >= 15 is 0 Å². The van der Waals surface area contributed by atoms with E-state index in [0.717, 1.165) is 17.0 Å². The Morgan fingerprint density at radius 2 is 1.94 bits per heavy atom. The first-order valence-corrected chi connectivity index (χ1v) is 6.34. The van der Waals surface area contributed by atoms with Gasteiger partial charge in [-0.15, -0.1) is 0 Å². The Hall–Kier alpha value is -1.35. The molecule has 3 heteroatoms. The molecule has 1 unspecified atom stereocenters. The lowest BCUT2D eigenvalue weighted by Crippen LogP contribution is -2.29. The van der Waals surface area contributed by atoms with E-state index in [1.165, 1.54) is 11.1 Å². The van der Waals surface area contributed by atoms with Crippen LogP contribution in [-0.2, 0) is 6.42 Å². The van der Waals surface area contributed by atoms with E-state index in [2.05, 4.69) is 36.6 Å². The zero-order valence-electron chi connectivity index (χ0n) is 10.4. The molecule has 0 saturated carbocycles. The van der Waals surface area contributed by atoms with Gasteiger partial charge in [-0.1, -0.05) is 59.6 Å². The second-order valence-electron chi connectivity index (χ2n) is 4.43. The molecule has 2 aromatic carbocycles. The Morgan fingerprint density at radius 1 is 1.17 bits per heavy atom. The van der Waals surface area contributed by atoms with Gasteiger partial charge in [0.15, 0.2) is 0 Å². The Morgan fingerprint density at radius 3 is 2.61 bits per heavy atom. The highest BCUT2D eigenvalue weighted by Gasteiger charge is 2.13. The maximum absolute atomic E-state index is 6.20. The largest absolute Gasteiger partial charge is 0.271 e. The summed E-state index contributed by atoms with van der Waals surface area (Å²) in [6.07, 6.45) is 0.821. The standard InChI is InChI=1S/C15H17ClN2/c1-11-5-4-6-12(9-11)10-15(18-17)13-7-2-3-8-14(13)16/h2-9,15,18H,10,17H2,1H3. The number of hydrazine groups is 1. The molecule has 0 fully saturated rings. The molecular formula is C15H17ClN2. The molecule has 0 aliphatic rings. The summed E-state index contributed by atoms with van der Waals surface area (Å²) >= 11 is 6.20. The molecule has 0 bridgehead atoms. The lowest BCUT2D eigenvalue weighted by molar-refractivity contribution is 0.552. The van der Waals surface area contributed by atoms with Gasteiger partial charge in [0, 0.05) is 5.02 Å². The van der Waals surface area contributed by atoms with Crippen LogP contribution in [0.4, 0.5) is 0 Å². The minimum atomic E-state index is 0.0282. The van der Waals surface area contributed by atoms with Crippen molar-refractivity contribution in [3.05, 3.63) is 70.2 Å². The van der Waals surface area contributed by atoms with Crippen LogP contribution in [0, 0.1) is 6.92 Å². The average molecular weight is 261 g/mol. The smallest absolute Gasteiger partial charge is 0.0515 e. The summed E-state index contributed by atoms with van der Waals surface area (Å²) in [5.74, 6) is 5.65. The summed E-state index contributed by atoms with van der Waals surface area (Å²) < 4.78 is 0. The van der Waals surface area contributed by atoms with Crippen LogP contribution in [0.2, 0.25) is 5.02 Å². The van der Waals surface area contributed by atoms with Crippen molar-refractivity contribution in [2.45, 2.75) is 19.4 Å². The summed E-state index contributed by atoms with van der Waals surface area (Å²) in [6.45, 7) is 2.09. The molecule has 1 atom stereocenters. The second-order valence-corrected chi connectivity index (χ2v) is 4.84. The number of benzene rings is 2. The predicted molar refractivity (Wildman–Crippen MR) is 76.4 cm³/mol. The van der Waals surface area contributed by atoms with Crippen LogP contribution in [0.15, 0.2) is 48.5 Å². The first kappa shape index (κ1) is 13.1. The normalized spacial score (nSPS) is 12.4. The van der Waals surface area contributed by atoms with Crippen molar-refractivity contribution in [2.75, 3.05) is 0 Å². The summed E-state index contributed by atoms with van der Waals surface area (Å²) in [4.78, 5) is 0. The highest BCUT2D eigenvalue weighted by Crippen LogP contribution is 2.25. The molecule has 0 amide bonds. The number of hydrogen-bond donors (Lipinski definition) is 2. The Labute approximate surface area is 113 Å². The third kappa shape index (κ3) is 3.10. The van der Waals surface area contributed by atoms with Gasteiger partial charge in [0.05, 0.1) is 6.04 Å². The van der Waals surface area contributed by atoms with Gasteiger partial charge in [-0.25, -0.2) is 0 Å². The van der Waals surface area contributed by atoms with Crippen LogP contribution in [0.3, 0.4) is 0 Å². The van der Waals surface area contributed by atoms with Crippen molar-refractivity contribution in [1.82, 2.24) is 5.43 Å². The Balaban J connectivity index is 2.23. The van der Waals surface area contributed by atoms with Crippen molar-refractivity contribution < 1.29 is 0 Å². The van der Waals surface area contributed by atoms with E-state index in [1.54, 1.807) is 0 Å². The first-order valence-electron chi connectivity index (χ1n) is 5.97. The zero-order chi connectivity index (χ0) is 13.0. The van der Waals surface area contributed by atoms with Crippen molar-refractivity contribution >= 4 is 11.6 Å². The number of nitrogens with one attached hydrogen (secondary N) is 1. The van der Waals surface area contributed by atoms with Crippen molar-refractivity contribution in [1.29, 1.82) is 0 Å². The van der Waals surface area contributed by atoms with Crippen molar-refractivity contribution in [2.24, 2.45) is 5.84 Å². The molecule has 0 aromatic heterocycles. The first-order chi connectivity index (χ1) is 8.70. The molecule has 0 aliphatic carbocycles. The van der Waals surface area contributed by atoms with Gasteiger partial charge >= 0.3 is 0 Å². The average Bonchev–Trinajstić information content (AvgIpc) is 2.37. The Bertz CT molecular complexity index is 525. The number of hydrogen-bond acceptors (Lipinski definition) is 2. The topological polar surface area (TPSA) is 38.0 Å². The van der Waals surface area contributed by atoms with E-state index in [1.807, 2.05) is 24.3 Å². The fourth-order valence-corrected chi connectivity index (χ4v) is 2.36. The zero-order valence-corrected chi connectivity index (χ0v) is 11.1. The molecule has 0 aliphatic heterocycles. The van der Waals surface area contributed by atoms with Crippen LogP contribution < -0.4 is 11.3 Å². The van der Waals surface area contributed by atoms with E-state index in [9.17, 15) is 0 Å². The van der Waals surface area contributed by atoms with Crippen molar-refractivity contribution in [3.63, 3.8) is 0 Å². The molecule has 3 N–H and O–H groups in total. The van der Waals surface area contributed by atoms with Crippen LogP contribution >= 0.6 is 11.6 Å². The van der Waals surface area contributed by atoms with Crippen LogP contribution in [0.25, 0.3) is 0 Å². The molecule has 2 rings (SSSR count). The molecule has 18 heavy (non-hydrogen) atoms. The molecule has 0 spiro atoms. The fourth-order valence-electron chi connectivity index (χ4n) is 2.09. The molecule has 0 radical (unpaired) electrons. The summed E-state index contributed by atoms with van der Waals surface area (Å²) in [6, 6.07) is 16.2. The van der Waals surface area contributed by atoms with E-state index < -0.39 is 0 Å². The van der Waals surface area contributed by atoms with Gasteiger partial charge < -0.3 is 0 Å². The van der Waals surface area contributed by atoms with Crippen LogP contribution in [0.5, 0.6) is 0 Å². The van der Waals surface area contributed by atoms with E-state index in [-0.39, 0.29) is 6.04 Å². The van der Waals surface area contributed by atoms with Gasteiger partial charge in [-0.05, 0) is 30.5 Å². The minimum absolute atomic E-state index is 0.0282. The van der Waals surface area contributed by atoms with Crippen LogP contribution in [-0.4, -0.2) is 0 Å². The fraction of sp³-hybridized carbons (Fsp3) is 0.200. The summed E-state index contributed by atoms with van der Waals surface area (Å²) in [5.41, 5.74) is 6.37. The third-order valence-electron chi connectivity index (χ3n) is 3.00. The molecular weight excluding hydrogens is 244 g/mol. The molecule has 0 saturated heterocycles. The van der Waals surface area contributed by atoms with Gasteiger partial charge in [-0.3, -0.25) is 11.3 Å². The maximum atomic E-state index is 6.20. The van der Waals surface area contributed by atoms with Crippen LogP contribution in [0.1, 0.15) is 22.7 Å². The lowest BCUT2D eigenvalue weighted by Gasteiger charge is -2.18. The quantitative estimate of drug-likeness (QED) is 0.653. The number of nitrogens with two attached hydrogens (primary N) is 1. The maximum Gasteiger partial charge on any atom is 0.0515 e. The third-order valence-corrected chi connectivity index (χ3v) is 3.35. The highest BCUT2D eigenvalue weighted by molar-refractivity contribution is 6.31. The van der Waals surface area contributed by atoms with E-state index in [0.29, 0.717) is 0 Å². The molecule has 0 heterocycles. The van der Waals surface area contributed by atoms with E-state index in [4.69, 9.17) is 17.4 Å². The number of halogens is 1. The van der Waals surface area contributed by atoms with Gasteiger partial charge in [0.25, 0.3) is 0 Å². The van der Waals surface area contributed by atoms with Gasteiger partial charge in [0.2, 0.25) is 0 Å². The highest BCUT2D eigenvalue weighted by atomic mass is 35.5. The molecule has 94 valence electrons. The second kappa shape index (κ2) is 6.01. The SMILES string of the molecule is Cc1cccc(CC(NN)c2ccccc2Cl)c1. The predicted octanol–water partition coefficient (Wildman–Crippen LogP) is 3.40.